The van der Waals surface area contributed by atoms with Gasteiger partial charge in [0, 0.05) is 32.6 Å². The second kappa shape index (κ2) is 7.08. The zero-order valence-corrected chi connectivity index (χ0v) is 12.2. The molecule has 0 aromatic heterocycles. The number of benzene rings is 1. The maximum Gasteiger partial charge on any atom is 0.225 e. The Labute approximate surface area is 124 Å². The largest absolute Gasteiger partial charge is 0.497 e. The average molecular weight is 291 g/mol. The number of hydrogen-bond acceptors (Lipinski definition) is 4. The van der Waals surface area contributed by atoms with Crippen LogP contribution in [0.1, 0.15) is 12.0 Å². The normalized spacial score (nSPS) is 17.9. The maximum absolute atomic E-state index is 12.0. The molecule has 6 heteroatoms. The van der Waals surface area contributed by atoms with Crippen LogP contribution in [0.25, 0.3) is 0 Å². The number of methoxy groups -OCH3 is 1. The number of nitrogens with one attached hydrogen (secondary N) is 1. The number of nitrogens with zero attached hydrogens (tertiary/aromatic N) is 1. The lowest BCUT2D eigenvalue weighted by Crippen LogP contribution is -2.35. The van der Waals surface area contributed by atoms with E-state index >= 15 is 0 Å². The number of carbonyl (C=O) groups excluding carboxylic acids is 2. The Morgan fingerprint density at radius 1 is 1.43 bits per heavy atom. The van der Waals surface area contributed by atoms with Crippen LogP contribution >= 0.6 is 0 Å². The van der Waals surface area contributed by atoms with Crippen LogP contribution in [0.5, 0.6) is 5.75 Å². The molecule has 1 aliphatic heterocycles. The molecule has 2 amide bonds. The molecule has 1 saturated heterocycles. The van der Waals surface area contributed by atoms with Crippen LogP contribution in [-0.2, 0) is 16.1 Å². The highest BCUT2D eigenvalue weighted by atomic mass is 16.5. The standard InChI is InChI=1S/C15H21N3O3/c1-21-13-4-2-11(3-5-13)9-18-10-12(8-14(18)19)15(20)17-7-6-16/h2-5,12H,6-10,16H2,1H3,(H,17,20). The van der Waals surface area contributed by atoms with Crippen LogP contribution in [0.3, 0.4) is 0 Å². The van der Waals surface area contributed by atoms with E-state index in [1.54, 1.807) is 12.0 Å². The maximum atomic E-state index is 12.0. The number of amides is 2. The molecular formula is C15H21N3O3. The van der Waals surface area contributed by atoms with Crippen LogP contribution in [0.2, 0.25) is 0 Å². The van der Waals surface area contributed by atoms with Gasteiger partial charge in [-0.1, -0.05) is 12.1 Å². The topological polar surface area (TPSA) is 84.7 Å². The number of likely N-dealkylation sites (tertiary alicyclic amines) is 1. The monoisotopic (exact) mass is 291 g/mol. The average Bonchev–Trinajstić information content (AvgIpc) is 2.87. The van der Waals surface area contributed by atoms with E-state index in [1.165, 1.54) is 0 Å². The summed E-state index contributed by atoms with van der Waals surface area (Å²) in [5, 5.41) is 2.73. The SMILES string of the molecule is COc1ccc(CN2CC(C(=O)NCCN)CC2=O)cc1. The van der Waals surface area contributed by atoms with Crippen LogP contribution in [0.15, 0.2) is 24.3 Å². The molecule has 114 valence electrons. The highest BCUT2D eigenvalue weighted by molar-refractivity contribution is 5.89. The lowest BCUT2D eigenvalue weighted by Gasteiger charge is -2.17. The van der Waals surface area contributed by atoms with Crippen LogP contribution in [0.4, 0.5) is 0 Å². The van der Waals surface area contributed by atoms with Crippen LogP contribution in [0, 0.1) is 5.92 Å². The molecule has 0 bridgehead atoms. The number of nitrogens with two attached hydrogens (primary N) is 1. The van der Waals surface area contributed by atoms with Crippen LogP contribution < -0.4 is 15.8 Å². The molecule has 2 rings (SSSR count). The summed E-state index contributed by atoms with van der Waals surface area (Å²) in [6, 6.07) is 7.57. The highest BCUT2D eigenvalue weighted by Gasteiger charge is 2.33. The van der Waals surface area contributed by atoms with Crippen molar-refractivity contribution in [2.45, 2.75) is 13.0 Å². The molecule has 0 aliphatic carbocycles. The second-order valence-electron chi connectivity index (χ2n) is 5.10. The molecule has 0 spiro atoms. The Morgan fingerprint density at radius 3 is 2.76 bits per heavy atom. The van der Waals surface area contributed by atoms with Gasteiger partial charge in [0.1, 0.15) is 5.75 Å². The molecule has 21 heavy (non-hydrogen) atoms. The van der Waals surface area contributed by atoms with Gasteiger partial charge in [-0.3, -0.25) is 9.59 Å². The Balaban J connectivity index is 1.92. The Hall–Kier alpha value is -2.08. The third-order valence-electron chi connectivity index (χ3n) is 3.56. The molecule has 1 heterocycles. The number of hydrogen-bond donors (Lipinski definition) is 2. The van der Waals surface area contributed by atoms with Gasteiger partial charge in [0.2, 0.25) is 11.8 Å². The fraction of sp³-hybridized carbons (Fsp3) is 0.467. The third-order valence-corrected chi connectivity index (χ3v) is 3.56. The fourth-order valence-corrected chi connectivity index (χ4v) is 2.39. The van der Waals surface area contributed by atoms with Crippen molar-refractivity contribution < 1.29 is 14.3 Å². The third kappa shape index (κ3) is 3.95. The summed E-state index contributed by atoms with van der Waals surface area (Å²) in [4.78, 5) is 25.6. The quantitative estimate of drug-likeness (QED) is 0.779. The van der Waals surface area contributed by atoms with E-state index in [0.29, 0.717) is 26.2 Å². The van der Waals surface area contributed by atoms with Crippen molar-refractivity contribution in [3.05, 3.63) is 29.8 Å². The molecule has 1 aromatic carbocycles. The van der Waals surface area contributed by atoms with Gasteiger partial charge in [-0.15, -0.1) is 0 Å². The summed E-state index contributed by atoms with van der Waals surface area (Å²) in [7, 11) is 1.61. The number of rotatable bonds is 6. The van der Waals surface area contributed by atoms with Gasteiger partial charge in [-0.2, -0.15) is 0 Å². The Bertz CT molecular complexity index is 501. The summed E-state index contributed by atoms with van der Waals surface area (Å²) < 4.78 is 5.10. The zero-order valence-electron chi connectivity index (χ0n) is 12.2. The van der Waals surface area contributed by atoms with E-state index in [4.69, 9.17) is 10.5 Å². The molecule has 0 saturated carbocycles. The smallest absolute Gasteiger partial charge is 0.225 e. The minimum atomic E-state index is -0.276. The Morgan fingerprint density at radius 2 is 2.14 bits per heavy atom. The first-order valence-corrected chi connectivity index (χ1v) is 7.02. The number of carbonyl (C=O) groups is 2. The van der Waals surface area contributed by atoms with E-state index in [0.717, 1.165) is 11.3 Å². The summed E-state index contributed by atoms with van der Waals surface area (Å²) in [5.41, 5.74) is 6.37. The van der Waals surface area contributed by atoms with Crippen molar-refractivity contribution in [1.29, 1.82) is 0 Å². The summed E-state index contributed by atoms with van der Waals surface area (Å²) in [5.74, 6) is 0.428. The van der Waals surface area contributed by atoms with Gasteiger partial charge < -0.3 is 20.7 Å². The second-order valence-corrected chi connectivity index (χ2v) is 5.10. The van der Waals surface area contributed by atoms with Gasteiger partial charge >= 0.3 is 0 Å². The van der Waals surface area contributed by atoms with E-state index in [9.17, 15) is 9.59 Å². The molecule has 0 radical (unpaired) electrons. The minimum Gasteiger partial charge on any atom is -0.497 e. The summed E-state index contributed by atoms with van der Waals surface area (Å²) in [6.07, 6.45) is 0.270. The first-order valence-electron chi connectivity index (χ1n) is 7.02. The predicted octanol–water partition coefficient (Wildman–Crippen LogP) is 0.119. The van der Waals surface area contributed by atoms with Gasteiger partial charge in [-0.05, 0) is 17.7 Å². The predicted molar refractivity (Wildman–Crippen MR) is 78.6 cm³/mol. The van der Waals surface area contributed by atoms with Crippen molar-refractivity contribution in [2.75, 3.05) is 26.7 Å². The zero-order chi connectivity index (χ0) is 15.2. The van der Waals surface area contributed by atoms with Gasteiger partial charge in [0.15, 0.2) is 0 Å². The molecule has 1 atom stereocenters. The molecule has 6 nitrogen and oxygen atoms in total. The minimum absolute atomic E-state index is 0.0127. The van der Waals surface area contributed by atoms with Crippen molar-refractivity contribution in [1.82, 2.24) is 10.2 Å². The molecule has 1 unspecified atom stereocenters. The molecular weight excluding hydrogens is 270 g/mol. The number of ether oxygens (including phenoxy) is 1. The Kier molecular flexibility index (Phi) is 5.16. The van der Waals surface area contributed by atoms with Gasteiger partial charge in [0.25, 0.3) is 0 Å². The lowest BCUT2D eigenvalue weighted by molar-refractivity contribution is -0.129. The van der Waals surface area contributed by atoms with Crippen LogP contribution in [-0.4, -0.2) is 43.5 Å². The van der Waals surface area contributed by atoms with Crippen molar-refractivity contribution in [2.24, 2.45) is 11.7 Å². The molecule has 1 aliphatic rings. The van der Waals surface area contributed by atoms with Crippen molar-refractivity contribution >= 4 is 11.8 Å². The lowest BCUT2D eigenvalue weighted by atomic mass is 10.1. The first kappa shape index (κ1) is 15.3. The molecule has 3 N–H and O–H groups in total. The van der Waals surface area contributed by atoms with E-state index < -0.39 is 0 Å². The van der Waals surface area contributed by atoms with Gasteiger partial charge in [-0.25, -0.2) is 0 Å². The highest BCUT2D eigenvalue weighted by Crippen LogP contribution is 2.21. The van der Waals surface area contributed by atoms with Gasteiger partial charge in [0.05, 0.1) is 13.0 Å². The van der Waals surface area contributed by atoms with E-state index in [2.05, 4.69) is 5.32 Å². The first-order chi connectivity index (χ1) is 10.1. The summed E-state index contributed by atoms with van der Waals surface area (Å²) in [6.45, 7) is 1.83. The summed E-state index contributed by atoms with van der Waals surface area (Å²) >= 11 is 0. The van der Waals surface area contributed by atoms with E-state index in [-0.39, 0.29) is 24.2 Å². The molecule has 1 fully saturated rings. The van der Waals surface area contributed by atoms with Crippen molar-refractivity contribution in [3.63, 3.8) is 0 Å². The van der Waals surface area contributed by atoms with Crippen molar-refractivity contribution in [3.8, 4) is 5.75 Å². The molecule has 1 aromatic rings. The van der Waals surface area contributed by atoms with E-state index in [1.807, 2.05) is 24.3 Å². The fourth-order valence-electron chi connectivity index (χ4n) is 2.39.